The van der Waals surface area contributed by atoms with Crippen molar-refractivity contribution < 1.29 is 71.0 Å². The van der Waals surface area contributed by atoms with E-state index < -0.39 is 54.2 Å². The van der Waals surface area contributed by atoms with Gasteiger partial charge >= 0.3 is 41.7 Å². The van der Waals surface area contributed by atoms with Gasteiger partial charge in [-0.1, -0.05) is 0 Å². The van der Waals surface area contributed by atoms with Gasteiger partial charge in [0.25, 0.3) is 0 Å². The molecule has 0 aliphatic heterocycles. The van der Waals surface area contributed by atoms with Crippen molar-refractivity contribution in [3.05, 3.63) is 6.92 Å². The van der Waals surface area contributed by atoms with Crippen molar-refractivity contribution in [3.8, 4) is 0 Å². The number of hydrogen-bond acceptors (Lipinski definition) is 1. The van der Waals surface area contributed by atoms with Crippen LogP contribution < -0.4 is 0 Å². The minimum atomic E-state index is -8.43. The third-order valence-corrected chi connectivity index (χ3v) is 2.95. The molecule has 0 saturated carbocycles. The minimum Gasteiger partial charge on any atom is -0.393 e. The third-order valence-electron chi connectivity index (χ3n) is 2.95. The molecule has 0 aromatic carbocycles. The summed E-state index contributed by atoms with van der Waals surface area (Å²) >= 11 is 0. The van der Waals surface area contributed by atoms with Crippen molar-refractivity contribution in [2.24, 2.45) is 0 Å². The summed E-state index contributed by atoms with van der Waals surface area (Å²) in [6.45, 7) is 2.18. The summed E-state index contributed by atoms with van der Waals surface area (Å²) in [4.78, 5) is 0. The molecule has 1 radical (unpaired) electrons. The summed E-state index contributed by atoms with van der Waals surface area (Å²) in [5.74, 6) is -30.8. The van der Waals surface area contributed by atoms with E-state index in [0.717, 1.165) is 0 Å². The van der Waals surface area contributed by atoms with E-state index in [9.17, 15) is 65.9 Å². The summed E-state index contributed by atoms with van der Waals surface area (Å²) in [5.41, 5.74) is -8.31. The van der Waals surface area contributed by atoms with Crippen LogP contribution in [0.2, 0.25) is 0 Å². The second-order valence-electron chi connectivity index (χ2n) is 4.94. The summed E-state index contributed by atoms with van der Waals surface area (Å²) in [6, 6.07) is 0. The Morgan fingerprint density at radius 1 is 0.577 bits per heavy atom. The smallest absolute Gasteiger partial charge is 0.393 e. The summed E-state index contributed by atoms with van der Waals surface area (Å²) in [5, 5.41) is 8.35. The van der Waals surface area contributed by atoms with Crippen LogP contribution in [0.4, 0.5) is 65.9 Å². The van der Waals surface area contributed by atoms with Gasteiger partial charge in [-0.2, -0.15) is 61.5 Å². The van der Waals surface area contributed by atoms with E-state index in [0.29, 0.717) is 0 Å². The Morgan fingerprint density at radius 2 is 0.885 bits per heavy atom. The maximum atomic E-state index is 13.2. The Bertz CT molecular complexity index is 486. The van der Waals surface area contributed by atoms with Gasteiger partial charge in [-0.15, -0.1) is 0 Å². The number of aliphatic hydroxyl groups excluding tert-OH is 1. The van der Waals surface area contributed by atoms with Gasteiger partial charge in [0.1, 0.15) is 0 Å². The van der Waals surface area contributed by atoms with Gasteiger partial charge in [0, 0.05) is 6.42 Å². The Morgan fingerprint density at radius 3 is 1.12 bits per heavy atom. The topological polar surface area (TPSA) is 20.2 Å². The third kappa shape index (κ3) is 3.28. The highest BCUT2D eigenvalue weighted by molar-refractivity contribution is 5.16. The van der Waals surface area contributed by atoms with Gasteiger partial charge in [-0.3, -0.25) is 0 Å². The lowest BCUT2D eigenvalue weighted by atomic mass is 9.85. The number of hydrogen-bond donors (Lipinski definition) is 1. The second-order valence-corrected chi connectivity index (χ2v) is 4.94. The largest absolute Gasteiger partial charge is 0.438 e. The molecule has 0 aromatic heterocycles. The van der Waals surface area contributed by atoms with Crippen molar-refractivity contribution in [2.45, 2.75) is 54.2 Å². The number of aliphatic hydroxyl groups is 1. The number of alkyl halides is 15. The minimum absolute atomic E-state index is 2.18. The van der Waals surface area contributed by atoms with Gasteiger partial charge in [0.15, 0.2) is 0 Å². The predicted octanol–water partition coefficient (Wildman–Crippen LogP) is 4.95. The maximum Gasteiger partial charge on any atom is 0.438 e. The first-order chi connectivity index (χ1) is 10.9. The fourth-order valence-corrected chi connectivity index (χ4v) is 1.58. The summed E-state index contributed by atoms with van der Waals surface area (Å²) in [6.07, 6.45) is -21.6. The zero-order valence-corrected chi connectivity index (χ0v) is 11.6. The molecule has 0 fully saturated rings. The molecule has 0 aliphatic carbocycles. The molecule has 26 heavy (non-hydrogen) atoms. The normalized spacial score (nSPS) is 17.4. The monoisotopic (exact) mass is 427 g/mol. The van der Waals surface area contributed by atoms with E-state index in [1.54, 1.807) is 0 Å². The molecule has 157 valence electrons. The quantitative estimate of drug-likeness (QED) is 0.596. The average Bonchev–Trinajstić information content (AvgIpc) is 2.32. The van der Waals surface area contributed by atoms with Crippen molar-refractivity contribution in [2.75, 3.05) is 0 Å². The lowest BCUT2D eigenvalue weighted by molar-refractivity contribution is -0.457. The predicted molar refractivity (Wildman–Crippen MR) is 51.7 cm³/mol. The van der Waals surface area contributed by atoms with Gasteiger partial charge < -0.3 is 5.11 Å². The fourth-order valence-electron chi connectivity index (χ4n) is 1.58. The maximum absolute atomic E-state index is 13.2. The van der Waals surface area contributed by atoms with Crippen LogP contribution in [0.5, 0.6) is 0 Å². The number of rotatable bonds is 6. The molecule has 0 spiro atoms. The van der Waals surface area contributed by atoms with E-state index >= 15 is 0 Å². The zero-order chi connectivity index (χ0) is 21.8. The zero-order valence-electron chi connectivity index (χ0n) is 11.6. The van der Waals surface area contributed by atoms with Gasteiger partial charge in [-0.25, -0.2) is 4.39 Å². The lowest BCUT2D eigenvalue weighted by Crippen LogP contribution is -2.75. The Kier molecular flexibility index (Phi) is 5.96. The molecular weight excluding hydrogens is 421 g/mol. The van der Waals surface area contributed by atoms with Crippen LogP contribution in [-0.4, -0.2) is 52.9 Å². The van der Waals surface area contributed by atoms with E-state index in [4.69, 9.17) is 5.11 Å². The molecule has 0 rings (SSSR count). The molecule has 0 bridgehead atoms. The van der Waals surface area contributed by atoms with Gasteiger partial charge in [0.2, 0.25) is 0 Å². The highest BCUT2D eigenvalue weighted by Crippen LogP contribution is 2.64. The van der Waals surface area contributed by atoms with Crippen molar-refractivity contribution in [1.82, 2.24) is 0 Å². The van der Waals surface area contributed by atoms with E-state index in [1.165, 1.54) is 0 Å². The van der Waals surface area contributed by atoms with Crippen LogP contribution in [-0.2, 0) is 0 Å². The molecule has 0 aromatic rings. The van der Waals surface area contributed by atoms with Crippen molar-refractivity contribution >= 4 is 0 Å². The molecule has 0 heterocycles. The molecule has 0 saturated heterocycles. The van der Waals surface area contributed by atoms with Crippen LogP contribution in [0.1, 0.15) is 6.42 Å². The van der Waals surface area contributed by atoms with E-state index in [2.05, 4.69) is 6.92 Å². The lowest BCUT2D eigenvalue weighted by Gasteiger charge is -2.43. The highest BCUT2D eigenvalue weighted by atomic mass is 19.4. The van der Waals surface area contributed by atoms with Crippen LogP contribution in [0.25, 0.3) is 0 Å². The van der Waals surface area contributed by atoms with Gasteiger partial charge in [0.05, 0.1) is 6.10 Å². The number of halogens is 15. The van der Waals surface area contributed by atoms with Crippen LogP contribution in [0, 0.1) is 6.92 Å². The molecule has 1 unspecified atom stereocenters. The second kappa shape index (κ2) is 6.22. The molecule has 1 atom stereocenters. The van der Waals surface area contributed by atoms with Crippen LogP contribution >= 0.6 is 0 Å². The molecule has 0 amide bonds. The molecule has 1 N–H and O–H groups in total. The summed E-state index contributed by atoms with van der Waals surface area (Å²) in [7, 11) is 0. The van der Waals surface area contributed by atoms with Crippen molar-refractivity contribution in [3.63, 3.8) is 0 Å². The first kappa shape index (κ1) is 24.9. The van der Waals surface area contributed by atoms with E-state index in [-0.39, 0.29) is 0 Å². The summed E-state index contributed by atoms with van der Waals surface area (Å²) < 4.78 is 191. The van der Waals surface area contributed by atoms with Crippen LogP contribution in [0.15, 0.2) is 0 Å². The molecule has 1 nitrogen and oxygen atoms in total. The molecule has 0 aliphatic rings. The Balaban J connectivity index is 6.65. The Hall–Kier alpha value is -1.09. The Labute approximate surface area is 133 Å². The fraction of sp³-hybridized carbons (Fsp3) is 0.900. The first-order valence-corrected chi connectivity index (χ1v) is 5.76. The molecular formula is C10H6F15O. The van der Waals surface area contributed by atoms with Crippen molar-refractivity contribution in [1.29, 1.82) is 0 Å². The highest BCUT2D eigenvalue weighted by Gasteiger charge is 2.95. The first-order valence-electron chi connectivity index (χ1n) is 5.76. The van der Waals surface area contributed by atoms with Gasteiger partial charge in [-0.05, 0) is 6.92 Å². The standard InChI is InChI=1S/C10H6F15O/c1-3(26)2-4(11,12)6(14,15)8(18,19)7(16,17)5(13,9(20,21)22)10(23,24)25/h3,26H,1-2H2. The van der Waals surface area contributed by atoms with Crippen LogP contribution in [0.3, 0.4) is 0 Å². The average molecular weight is 427 g/mol. The van der Waals surface area contributed by atoms with E-state index in [1.807, 2.05) is 0 Å². The molecule has 16 heteroatoms. The SMILES string of the molecule is [CH2]C(O)CC(F)(F)C(F)(F)C(F)(F)C(F)(F)C(F)(C(F)(F)F)C(F)(F)F.